The molecule has 0 saturated carbocycles. The van der Waals surface area contributed by atoms with E-state index in [4.69, 9.17) is 9.84 Å². The maximum absolute atomic E-state index is 12.0. The third kappa shape index (κ3) is 5.26. The van der Waals surface area contributed by atoms with Gasteiger partial charge >= 0.3 is 5.97 Å². The van der Waals surface area contributed by atoms with Gasteiger partial charge in [0, 0.05) is 33.0 Å². The fourth-order valence-corrected chi connectivity index (χ4v) is 2.49. The third-order valence-corrected chi connectivity index (χ3v) is 3.91. The Labute approximate surface area is 140 Å². The highest BCUT2D eigenvalue weighted by atomic mass is 16.5. The number of rotatable bonds is 8. The van der Waals surface area contributed by atoms with E-state index in [1.807, 2.05) is 12.1 Å². The summed E-state index contributed by atoms with van der Waals surface area (Å²) in [6, 6.07) is 7.27. The van der Waals surface area contributed by atoms with Crippen molar-refractivity contribution in [1.82, 2.24) is 10.2 Å². The number of hydrogen-bond acceptors (Lipinski definition) is 4. The van der Waals surface area contributed by atoms with Crippen molar-refractivity contribution in [2.24, 2.45) is 5.92 Å². The zero-order valence-electron chi connectivity index (χ0n) is 13.7. The van der Waals surface area contributed by atoms with Gasteiger partial charge in [-0.2, -0.15) is 0 Å². The van der Waals surface area contributed by atoms with Gasteiger partial charge in [0.1, 0.15) is 5.75 Å². The fraction of sp³-hybridized carbons (Fsp3) is 0.471. The Balaban J connectivity index is 1.72. The molecule has 0 radical (unpaired) electrons. The van der Waals surface area contributed by atoms with Crippen molar-refractivity contribution in [3.05, 3.63) is 29.8 Å². The summed E-state index contributed by atoms with van der Waals surface area (Å²) in [7, 11) is 1.70. The van der Waals surface area contributed by atoms with Crippen molar-refractivity contribution >= 4 is 17.8 Å². The molecule has 0 bridgehead atoms. The molecular formula is C17H22N2O5. The Morgan fingerprint density at radius 1 is 1.33 bits per heavy atom. The van der Waals surface area contributed by atoms with Crippen molar-refractivity contribution in [2.45, 2.75) is 25.8 Å². The molecule has 1 aliphatic heterocycles. The number of carboxylic acid groups (broad SMARTS) is 1. The van der Waals surface area contributed by atoms with E-state index in [0.717, 1.165) is 5.56 Å². The van der Waals surface area contributed by atoms with Crippen molar-refractivity contribution in [2.75, 3.05) is 20.2 Å². The van der Waals surface area contributed by atoms with Gasteiger partial charge in [0.25, 0.3) is 0 Å². The molecule has 1 aromatic rings. The topological polar surface area (TPSA) is 95.9 Å². The number of amides is 2. The highest BCUT2D eigenvalue weighted by Crippen LogP contribution is 2.17. The van der Waals surface area contributed by atoms with Gasteiger partial charge in [-0.15, -0.1) is 0 Å². The Morgan fingerprint density at radius 3 is 2.62 bits per heavy atom. The first kappa shape index (κ1) is 17.8. The fourth-order valence-electron chi connectivity index (χ4n) is 2.49. The summed E-state index contributed by atoms with van der Waals surface area (Å²) in [5.41, 5.74) is 0.930. The molecule has 0 aromatic heterocycles. The molecule has 130 valence electrons. The molecule has 2 amide bonds. The standard InChI is InChI=1S/C17H22N2O5/c1-19-11-13(9-15(19)20)17(23)18-10-12-4-6-14(7-5-12)24-8-2-3-16(21)22/h4-7,13H,2-3,8-11H2,1H3,(H,18,23)(H,21,22). The summed E-state index contributed by atoms with van der Waals surface area (Å²) >= 11 is 0. The van der Waals surface area contributed by atoms with E-state index < -0.39 is 5.97 Å². The van der Waals surface area contributed by atoms with Gasteiger partial charge in [0.05, 0.1) is 12.5 Å². The van der Waals surface area contributed by atoms with Gasteiger partial charge < -0.3 is 20.1 Å². The molecule has 1 atom stereocenters. The number of nitrogens with one attached hydrogen (secondary N) is 1. The first-order valence-corrected chi connectivity index (χ1v) is 7.91. The van der Waals surface area contributed by atoms with Crippen LogP contribution < -0.4 is 10.1 Å². The summed E-state index contributed by atoms with van der Waals surface area (Å²) in [5, 5.41) is 11.4. The van der Waals surface area contributed by atoms with Crippen LogP contribution in [0.5, 0.6) is 5.75 Å². The van der Waals surface area contributed by atoms with Gasteiger partial charge in [0.15, 0.2) is 0 Å². The van der Waals surface area contributed by atoms with E-state index in [0.29, 0.717) is 31.9 Å². The molecule has 1 fully saturated rings. The zero-order valence-corrected chi connectivity index (χ0v) is 13.7. The van der Waals surface area contributed by atoms with E-state index in [2.05, 4.69) is 5.32 Å². The number of ether oxygens (including phenoxy) is 1. The molecule has 2 N–H and O–H groups in total. The predicted octanol–water partition coefficient (Wildman–Crippen LogP) is 1.02. The summed E-state index contributed by atoms with van der Waals surface area (Å²) in [6.45, 7) is 1.21. The first-order valence-electron chi connectivity index (χ1n) is 7.91. The number of likely N-dealkylation sites (tertiary alicyclic amines) is 1. The van der Waals surface area contributed by atoms with Crippen LogP contribution in [0.2, 0.25) is 0 Å². The van der Waals surface area contributed by atoms with E-state index in [9.17, 15) is 14.4 Å². The number of nitrogens with zero attached hydrogens (tertiary/aromatic N) is 1. The highest BCUT2D eigenvalue weighted by molar-refractivity contribution is 5.89. The molecule has 1 unspecified atom stereocenters. The second kappa shape index (κ2) is 8.33. The first-order chi connectivity index (χ1) is 11.5. The molecule has 0 spiro atoms. The lowest BCUT2D eigenvalue weighted by Crippen LogP contribution is -2.31. The van der Waals surface area contributed by atoms with Gasteiger partial charge in [0.2, 0.25) is 11.8 Å². The van der Waals surface area contributed by atoms with Crippen molar-refractivity contribution < 1.29 is 24.2 Å². The maximum Gasteiger partial charge on any atom is 0.303 e. The molecule has 0 aliphatic carbocycles. The molecular weight excluding hydrogens is 312 g/mol. The maximum atomic E-state index is 12.0. The van der Waals surface area contributed by atoms with E-state index >= 15 is 0 Å². The number of carbonyl (C=O) groups is 3. The Hall–Kier alpha value is -2.57. The van der Waals surface area contributed by atoms with Crippen LogP contribution in [-0.2, 0) is 20.9 Å². The van der Waals surface area contributed by atoms with Crippen molar-refractivity contribution in [3.8, 4) is 5.75 Å². The van der Waals surface area contributed by atoms with E-state index in [-0.39, 0.29) is 30.6 Å². The lowest BCUT2D eigenvalue weighted by atomic mass is 10.1. The highest BCUT2D eigenvalue weighted by Gasteiger charge is 2.31. The summed E-state index contributed by atoms with van der Waals surface area (Å²) in [6.07, 6.45) is 0.816. The average Bonchev–Trinajstić information content (AvgIpc) is 2.89. The predicted molar refractivity (Wildman–Crippen MR) is 86.4 cm³/mol. The normalized spacial score (nSPS) is 17.0. The number of carboxylic acids is 1. The van der Waals surface area contributed by atoms with Crippen molar-refractivity contribution in [3.63, 3.8) is 0 Å². The second-order valence-corrected chi connectivity index (χ2v) is 5.88. The van der Waals surface area contributed by atoms with Gasteiger partial charge in [-0.1, -0.05) is 12.1 Å². The lowest BCUT2D eigenvalue weighted by Gasteiger charge is -2.11. The largest absolute Gasteiger partial charge is 0.494 e. The summed E-state index contributed by atoms with van der Waals surface area (Å²) < 4.78 is 5.45. The number of hydrogen-bond donors (Lipinski definition) is 2. The number of benzene rings is 1. The van der Waals surface area contributed by atoms with Crippen LogP contribution in [0.4, 0.5) is 0 Å². The molecule has 1 heterocycles. The SMILES string of the molecule is CN1CC(C(=O)NCc2ccc(OCCCC(=O)O)cc2)CC1=O. The molecule has 7 heteroatoms. The molecule has 1 saturated heterocycles. The average molecular weight is 334 g/mol. The van der Waals surface area contributed by atoms with Crippen LogP contribution in [0.25, 0.3) is 0 Å². The van der Waals surface area contributed by atoms with Crippen LogP contribution in [0.3, 0.4) is 0 Å². The monoisotopic (exact) mass is 334 g/mol. The minimum Gasteiger partial charge on any atom is -0.494 e. The van der Waals surface area contributed by atoms with E-state index in [1.165, 1.54) is 0 Å². The zero-order chi connectivity index (χ0) is 17.5. The summed E-state index contributed by atoms with van der Waals surface area (Å²) in [4.78, 5) is 35.5. The Kier molecular flexibility index (Phi) is 6.17. The summed E-state index contributed by atoms with van der Waals surface area (Å²) in [5.74, 6) is -0.557. The minimum atomic E-state index is -0.833. The van der Waals surface area contributed by atoms with Crippen LogP contribution in [-0.4, -0.2) is 48.0 Å². The Morgan fingerprint density at radius 2 is 2.04 bits per heavy atom. The lowest BCUT2D eigenvalue weighted by molar-refractivity contribution is -0.137. The van der Waals surface area contributed by atoms with Gasteiger partial charge in [-0.05, 0) is 24.1 Å². The molecule has 7 nitrogen and oxygen atoms in total. The smallest absolute Gasteiger partial charge is 0.303 e. The molecule has 1 aliphatic rings. The van der Waals surface area contributed by atoms with Gasteiger partial charge in [-0.25, -0.2) is 0 Å². The number of carbonyl (C=O) groups excluding carboxylic acids is 2. The van der Waals surface area contributed by atoms with Crippen LogP contribution in [0.1, 0.15) is 24.8 Å². The van der Waals surface area contributed by atoms with E-state index in [1.54, 1.807) is 24.1 Å². The van der Waals surface area contributed by atoms with Crippen LogP contribution >= 0.6 is 0 Å². The molecule has 1 aromatic carbocycles. The molecule has 24 heavy (non-hydrogen) atoms. The minimum absolute atomic E-state index is 0.000417. The third-order valence-electron chi connectivity index (χ3n) is 3.91. The second-order valence-electron chi connectivity index (χ2n) is 5.88. The number of aliphatic carboxylic acids is 1. The molecule has 2 rings (SSSR count). The van der Waals surface area contributed by atoms with Gasteiger partial charge in [-0.3, -0.25) is 14.4 Å². The van der Waals surface area contributed by atoms with Crippen molar-refractivity contribution in [1.29, 1.82) is 0 Å². The van der Waals surface area contributed by atoms with Crippen LogP contribution in [0, 0.1) is 5.92 Å². The van der Waals surface area contributed by atoms with Crippen LogP contribution in [0.15, 0.2) is 24.3 Å². The quantitative estimate of drug-likeness (QED) is 0.692. The Bertz CT molecular complexity index is 600.